The maximum absolute atomic E-state index is 13.2. The van der Waals surface area contributed by atoms with Crippen LogP contribution in [0.1, 0.15) is 10.4 Å². The molecule has 1 aromatic heterocycles. The van der Waals surface area contributed by atoms with Crippen LogP contribution in [0, 0.1) is 5.82 Å². The summed E-state index contributed by atoms with van der Waals surface area (Å²) in [4.78, 5) is 39.2. The molecule has 0 aliphatic carbocycles. The van der Waals surface area contributed by atoms with Crippen molar-refractivity contribution < 1.29 is 9.18 Å². The Hall–Kier alpha value is -3.19. The largest absolute Gasteiger partial charge is 0.333 e. The standard InChI is InChI=1S/C17H11ClFN3O3/c18-13-8-10(6-7-14(13)19)21-15(23)12-9-20-17(25)22(16(12)24)11-4-2-1-3-5-11/h1-9H,(H,20,25)(H,21,23). The van der Waals surface area contributed by atoms with Crippen molar-refractivity contribution in [3.63, 3.8) is 0 Å². The minimum atomic E-state index is -0.777. The number of carbonyl (C=O) groups excluding carboxylic acids is 1. The van der Waals surface area contributed by atoms with E-state index in [1.807, 2.05) is 0 Å². The van der Waals surface area contributed by atoms with E-state index in [1.54, 1.807) is 30.3 Å². The number of para-hydroxylation sites is 1. The molecule has 0 fully saturated rings. The van der Waals surface area contributed by atoms with Gasteiger partial charge in [0.1, 0.15) is 11.4 Å². The molecule has 0 aliphatic heterocycles. The van der Waals surface area contributed by atoms with Crippen LogP contribution in [0.15, 0.2) is 64.3 Å². The number of rotatable bonds is 3. The SMILES string of the molecule is O=C(Nc1ccc(F)c(Cl)c1)c1c[nH]c(=O)n(-c2ccccc2)c1=O. The highest BCUT2D eigenvalue weighted by atomic mass is 35.5. The zero-order valence-electron chi connectivity index (χ0n) is 12.6. The number of aromatic nitrogens is 2. The normalized spacial score (nSPS) is 10.5. The van der Waals surface area contributed by atoms with Crippen molar-refractivity contribution in [3.05, 3.63) is 92.0 Å². The maximum Gasteiger partial charge on any atom is 0.333 e. The molecule has 3 aromatic rings. The van der Waals surface area contributed by atoms with Crippen molar-refractivity contribution in [1.82, 2.24) is 9.55 Å². The quantitative estimate of drug-likeness (QED) is 0.753. The lowest BCUT2D eigenvalue weighted by Crippen LogP contribution is -2.38. The van der Waals surface area contributed by atoms with Gasteiger partial charge in [0.15, 0.2) is 0 Å². The fourth-order valence-corrected chi connectivity index (χ4v) is 2.40. The molecule has 2 aromatic carbocycles. The van der Waals surface area contributed by atoms with Crippen molar-refractivity contribution >= 4 is 23.2 Å². The highest BCUT2D eigenvalue weighted by molar-refractivity contribution is 6.31. The van der Waals surface area contributed by atoms with E-state index in [1.165, 1.54) is 12.1 Å². The van der Waals surface area contributed by atoms with Crippen LogP contribution in [-0.2, 0) is 0 Å². The maximum atomic E-state index is 13.2. The van der Waals surface area contributed by atoms with Gasteiger partial charge in [-0.15, -0.1) is 0 Å². The zero-order valence-corrected chi connectivity index (χ0v) is 13.4. The summed E-state index contributed by atoms with van der Waals surface area (Å²) in [5.74, 6) is -1.39. The lowest BCUT2D eigenvalue weighted by molar-refractivity contribution is 0.102. The van der Waals surface area contributed by atoms with E-state index in [-0.39, 0.29) is 16.3 Å². The molecule has 0 aliphatic rings. The number of benzene rings is 2. The fraction of sp³-hybridized carbons (Fsp3) is 0. The minimum absolute atomic E-state index is 0.166. The number of nitrogens with zero attached hydrogens (tertiary/aromatic N) is 1. The summed E-state index contributed by atoms with van der Waals surface area (Å²) in [6.45, 7) is 0. The molecule has 0 saturated carbocycles. The second kappa shape index (κ2) is 6.74. The number of nitrogens with one attached hydrogen (secondary N) is 2. The first kappa shape index (κ1) is 16.7. The van der Waals surface area contributed by atoms with Gasteiger partial charge in [0.05, 0.1) is 10.7 Å². The minimum Gasteiger partial charge on any atom is -0.322 e. The van der Waals surface area contributed by atoms with Crippen LogP contribution < -0.4 is 16.6 Å². The Labute approximate surface area is 145 Å². The molecule has 1 amide bonds. The highest BCUT2D eigenvalue weighted by Gasteiger charge is 2.16. The number of carbonyl (C=O) groups is 1. The topological polar surface area (TPSA) is 84.0 Å². The van der Waals surface area contributed by atoms with Gasteiger partial charge in [-0.2, -0.15) is 0 Å². The van der Waals surface area contributed by atoms with E-state index in [0.717, 1.165) is 16.8 Å². The van der Waals surface area contributed by atoms with Crippen molar-refractivity contribution in [2.24, 2.45) is 0 Å². The molecule has 0 radical (unpaired) electrons. The lowest BCUT2D eigenvalue weighted by Gasteiger charge is -2.08. The Morgan fingerprint density at radius 2 is 1.84 bits per heavy atom. The second-order valence-corrected chi connectivity index (χ2v) is 5.47. The van der Waals surface area contributed by atoms with Gasteiger partial charge in [0, 0.05) is 11.9 Å². The molecule has 6 nitrogen and oxygen atoms in total. The average Bonchev–Trinajstić information content (AvgIpc) is 2.59. The molecular weight excluding hydrogens is 349 g/mol. The predicted molar refractivity (Wildman–Crippen MR) is 92.0 cm³/mol. The third-order valence-electron chi connectivity index (χ3n) is 3.41. The van der Waals surface area contributed by atoms with Gasteiger partial charge in [-0.05, 0) is 30.3 Å². The van der Waals surface area contributed by atoms with Gasteiger partial charge < -0.3 is 10.3 Å². The Morgan fingerprint density at radius 1 is 1.12 bits per heavy atom. The molecule has 0 unspecified atom stereocenters. The summed E-state index contributed by atoms with van der Waals surface area (Å²) in [6, 6.07) is 11.8. The number of halogens is 2. The van der Waals surface area contributed by atoms with Crippen molar-refractivity contribution in [2.75, 3.05) is 5.32 Å². The number of hydrogen-bond donors (Lipinski definition) is 2. The smallest absolute Gasteiger partial charge is 0.322 e. The molecule has 1 heterocycles. The molecule has 126 valence electrons. The molecule has 0 spiro atoms. The molecule has 25 heavy (non-hydrogen) atoms. The van der Waals surface area contributed by atoms with E-state index in [4.69, 9.17) is 11.6 Å². The highest BCUT2D eigenvalue weighted by Crippen LogP contribution is 2.19. The van der Waals surface area contributed by atoms with E-state index in [2.05, 4.69) is 10.3 Å². The Kier molecular flexibility index (Phi) is 4.49. The molecule has 0 bridgehead atoms. The van der Waals surface area contributed by atoms with Crippen LogP contribution in [0.25, 0.3) is 5.69 Å². The number of anilines is 1. The molecule has 8 heteroatoms. The summed E-state index contributed by atoms with van der Waals surface area (Å²) in [7, 11) is 0. The van der Waals surface area contributed by atoms with Crippen LogP contribution in [0.4, 0.5) is 10.1 Å². The Balaban J connectivity index is 2.00. The summed E-state index contributed by atoms with van der Waals surface area (Å²) >= 11 is 5.66. The lowest BCUT2D eigenvalue weighted by atomic mass is 10.2. The van der Waals surface area contributed by atoms with Gasteiger partial charge >= 0.3 is 5.69 Å². The Morgan fingerprint density at radius 3 is 2.52 bits per heavy atom. The molecule has 3 rings (SSSR count). The average molecular weight is 360 g/mol. The monoisotopic (exact) mass is 359 g/mol. The van der Waals surface area contributed by atoms with Gasteiger partial charge in [-0.25, -0.2) is 13.8 Å². The van der Waals surface area contributed by atoms with Crippen LogP contribution in [0.2, 0.25) is 5.02 Å². The predicted octanol–water partition coefficient (Wildman–Crippen LogP) is 2.57. The number of amides is 1. The first-order valence-electron chi connectivity index (χ1n) is 7.14. The van der Waals surface area contributed by atoms with Gasteiger partial charge in [-0.3, -0.25) is 9.59 Å². The number of aromatic amines is 1. The molecule has 0 atom stereocenters. The van der Waals surface area contributed by atoms with Crippen LogP contribution in [0.3, 0.4) is 0 Å². The van der Waals surface area contributed by atoms with Crippen molar-refractivity contribution in [2.45, 2.75) is 0 Å². The van der Waals surface area contributed by atoms with Gasteiger partial charge in [0.2, 0.25) is 0 Å². The van der Waals surface area contributed by atoms with Gasteiger partial charge in [0.25, 0.3) is 11.5 Å². The first-order valence-corrected chi connectivity index (χ1v) is 7.52. The summed E-state index contributed by atoms with van der Waals surface area (Å²) in [5, 5.41) is 2.27. The number of H-pyrrole nitrogens is 1. The molecule has 2 N–H and O–H groups in total. The third-order valence-corrected chi connectivity index (χ3v) is 3.70. The first-order chi connectivity index (χ1) is 12.0. The van der Waals surface area contributed by atoms with E-state index < -0.39 is 23.0 Å². The van der Waals surface area contributed by atoms with E-state index in [0.29, 0.717) is 5.69 Å². The Bertz CT molecular complexity index is 1060. The van der Waals surface area contributed by atoms with E-state index >= 15 is 0 Å². The number of hydrogen-bond acceptors (Lipinski definition) is 3. The van der Waals surface area contributed by atoms with Crippen LogP contribution in [0.5, 0.6) is 0 Å². The van der Waals surface area contributed by atoms with Crippen molar-refractivity contribution in [1.29, 1.82) is 0 Å². The zero-order chi connectivity index (χ0) is 18.0. The van der Waals surface area contributed by atoms with Crippen LogP contribution >= 0.6 is 11.6 Å². The third kappa shape index (κ3) is 3.36. The summed E-state index contributed by atoms with van der Waals surface area (Å²) in [6.07, 6.45) is 1.03. The summed E-state index contributed by atoms with van der Waals surface area (Å²) in [5.41, 5.74) is -1.18. The van der Waals surface area contributed by atoms with E-state index in [9.17, 15) is 18.8 Å². The molecule has 0 saturated heterocycles. The fourth-order valence-electron chi connectivity index (χ4n) is 2.22. The second-order valence-electron chi connectivity index (χ2n) is 5.07. The molecular formula is C17H11ClFN3O3. The summed E-state index contributed by atoms with van der Waals surface area (Å²) < 4.78 is 14.0. The van der Waals surface area contributed by atoms with Crippen molar-refractivity contribution in [3.8, 4) is 5.69 Å². The van der Waals surface area contributed by atoms with Gasteiger partial charge in [-0.1, -0.05) is 29.8 Å². The van der Waals surface area contributed by atoms with Crippen LogP contribution in [-0.4, -0.2) is 15.5 Å².